The van der Waals surface area contributed by atoms with Crippen LogP contribution >= 0.6 is 23.4 Å². The molecule has 0 saturated heterocycles. The summed E-state index contributed by atoms with van der Waals surface area (Å²) in [7, 11) is 0. The summed E-state index contributed by atoms with van der Waals surface area (Å²) < 4.78 is 20.9. The minimum atomic E-state index is -0.202. The van der Waals surface area contributed by atoms with E-state index in [0.717, 1.165) is 33.3 Å². The first kappa shape index (κ1) is 19.1. The summed E-state index contributed by atoms with van der Waals surface area (Å²) in [5.74, 6) is 2.19. The highest BCUT2D eigenvalue weighted by molar-refractivity contribution is 7.98. The molecule has 0 spiro atoms. The Balaban J connectivity index is 1.37. The average Bonchev–Trinajstić information content (AvgIpc) is 3.34. The Labute approximate surface area is 173 Å². The Hall–Kier alpha value is -2.24. The van der Waals surface area contributed by atoms with Gasteiger partial charge in [-0.2, -0.15) is 11.8 Å². The number of aliphatic imine (C=N–C) groups is 1. The van der Waals surface area contributed by atoms with E-state index in [4.69, 9.17) is 21.3 Å². The fourth-order valence-corrected chi connectivity index (χ4v) is 4.27. The van der Waals surface area contributed by atoms with E-state index < -0.39 is 0 Å². The van der Waals surface area contributed by atoms with Crippen molar-refractivity contribution in [3.05, 3.63) is 94.5 Å². The molecule has 1 aromatic heterocycles. The summed E-state index contributed by atoms with van der Waals surface area (Å²) in [6.07, 6.45) is 2.02. The SMILES string of the molecule is Fc1ccc(CSC[C@H]2COC(c3cccn3Cc3ccccc3Cl)=N2)cc1. The van der Waals surface area contributed by atoms with Crippen molar-refractivity contribution < 1.29 is 9.13 Å². The highest BCUT2D eigenvalue weighted by atomic mass is 35.5. The number of benzene rings is 2. The molecular weight excluding hydrogens is 395 g/mol. The molecule has 2 aromatic carbocycles. The minimum absolute atomic E-state index is 0.129. The maximum absolute atomic E-state index is 13.0. The van der Waals surface area contributed by atoms with Gasteiger partial charge in [-0.1, -0.05) is 41.9 Å². The van der Waals surface area contributed by atoms with Gasteiger partial charge in [0.2, 0.25) is 5.90 Å². The van der Waals surface area contributed by atoms with E-state index in [1.807, 2.05) is 54.7 Å². The summed E-state index contributed by atoms with van der Waals surface area (Å²) >= 11 is 8.08. The second kappa shape index (κ2) is 8.84. The molecule has 0 N–H and O–H groups in total. The van der Waals surface area contributed by atoms with Crippen LogP contribution < -0.4 is 0 Å². The van der Waals surface area contributed by atoms with E-state index in [1.165, 1.54) is 12.1 Å². The fourth-order valence-electron chi connectivity index (χ4n) is 3.09. The maximum Gasteiger partial charge on any atom is 0.233 e. The predicted octanol–water partition coefficient (Wildman–Crippen LogP) is 5.41. The van der Waals surface area contributed by atoms with Crippen molar-refractivity contribution in [1.82, 2.24) is 4.57 Å². The van der Waals surface area contributed by atoms with Crippen molar-refractivity contribution in [2.24, 2.45) is 4.99 Å². The van der Waals surface area contributed by atoms with Crippen LogP contribution in [-0.4, -0.2) is 28.9 Å². The highest BCUT2D eigenvalue weighted by Gasteiger charge is 2.22. The van der Waals surface area contributed by atoms with Crippen molar-refractivity contribution in [2.75, 3.05) is 12.4 Å². The third-order valence-corrected chi connectivity index (χ3v) is 6.08. The number of halogens is 2. The molecule has 3 aromatic rings. The van der Waals surface area contributed by atoms with E-state index in [2.05, 4.69) is 4.57 Å². The molecular formula is C22H20ClFN2OS. The lowest BCUT2D eigenvalue weighted by Gasteiger charge is -2.10. The molecule has 0 bridgehead atoms. The molecule has 0 fully saturated rings. The molecule has 3 nitrogen and oxygen atoms in total. The molecule has 1 aliphatic rings. The molecule has 1 atom stereocenters. The standard InChI is InChI=1S/C22H20ClFN2OS/c23-20-5-2-1-4-17(20)12-26-11-3-6-21(26)22-25-19(13-27-22)15-28-14-16-7-9-18(24)10-8-16/h1-11,19H,12-15H2/t19-/m1/s1. The lowest BCUT2D eigenvalue weighted by Crippen LogP contribution is -2.11. The van der Waals surface area contributed by atoms with E-state index in [1.54, 1.807) is 11.8 Å². The van der Waals surface area contributed by atoms with Crippen LogP contribution in [0.5, 0.6) is 0 Å². The number of hydrogen-bond acceptors (Lipinski definition) is 3. The number of ether oxygens (including phenoxy) is 1. The third kappa shape index (κ3) is 4.59. The Morgan fingerprint density at radius 1 is 1.11 bits per heavy atom. The third-order valence-electron chi connectivity index (χ3n) is 4.55. The number of nitrogens with zero attached hydrogens (tertiary/aromatic N) is 2. The highest BCUT2D eigenvalue weighted by Crippen LogP contribution is 2.21. The number of hydrogen-bond donors (Lipinski definition) is 0. The van der Waals surface area contributed by atoms with Crippen LogP contribution in [-0.2, 0) is 17.0 Å². The molecule has 28 heavy (non-hydrogen) atoms. The van der Waals surface area contributed by atoms with Crippen molar-refractivity contribution in [3.63, 3.8) is 0 Å². The van der Waals surface area contributed by atoms with E-state index in [0.29, 0.717) is 19.0 Å². The number of thioether (sulfide) groups is 1. The van der Waals surface area contributed by atoms with Gasteiger partial charge in [0.25, 0.3) is 0 Å². The molecule has 6 heteroatoms. The second-order valence-corrected chi connectivity index (χ2v) is 8.09. The van der Waals surface area contributed by atoms with E-state index in [-0.39, 0.29) is 11.9 Å². The molecule has 0 unspecified atom stereocenters. The number of rotatable bonds is 7. The Kier molecular flexibility index (Phi) is 6.03. The second-order valence-electron chi connectivity index (χ2n) is 6.65. The lowest BCUT2D eigenvalue weighted by atomic mass is 10.2. The smallest absolute Gasteiger partial charge is 0.233 e. The molecule has 144 valence electrons. The Morgan fingerprint density at radius 2 is 1.93 bits per heavy atom. The monoisotopic (exact) mass is 414 g/mol. The van der Waals surface area contributed by atoms with Crippen molar-refractivity contribution in [3.8, 4) is 0 Å². The molecule has 0 radical (unpaired) electrons. The van der Waals surface area contributed by atoms with Gasteiger partial charge in [0.1, 0.15) is 18.1 Å². The largest absolute Gasteiger partial charge is 0.474 e. The normalized spacial score (nSPS) is 16.1. The van der Waals surface area contributed by atoms with Gasteiger partial charge in [0.05, 0.1) is 6.04 Å². The topological polar surface area (TPSA) is 26.5 Å². The van der Waals surface area contributed by atoms with Crippen LogP contribution in [0.2, 0.25) is 5.02 Å². The first-order valence-electron chi connectivity index (χ1n) is 9.11. The Bertz CT molecular complexity index is 971. The summed E-state index contributed by atoms with van der Waals surface area (Å²) in [6, 6.07) is 18.6. The van der Waals surface area contributed by atoms with Crippen molar-refractivity contribution in [2.45, 2.75) is 18.3 Å². The molecule has 1 aliphatic heterocycles. The van der Waals surface area contributed by atoms with Crippen LogP contribution in [0.25, 0.3) is 0 Å². The quantitative estimate of drug-likeness (QED) is 0.517. The molecule has 0 amide bonds. The van der Waals surface area contributed by atoms with Gasteiger partial charge in [-0.05, 0) is 41.5 Å². The first-order valence-corrected chi connectivity index (χ1v) is 10.6. The van der Waals surface area contributed by atoms with Crippen LogP contribution in [0.3, 0.4) is 0 Å². The van der Waals surface area contributed by atoms with E-state index >= 15 is 0 Å². The summed E-state index contributed by atoms with van der Waals surface area (Å²) in [5, 5.41) is 0.756. The van der Waals surface area contributed by atoms with Gasteiger partial charge in [-0.25, -0.2) is 9.38 Å². The van der Waals surface area contributed by atoms with Crippen LogP contribution in [0.15, 0.2) is 71.9 Å². The number of aromatic nitrogens is 1. The van der Waals surface area contributed by atoms with Crippen LogP contribution in [0.1, 0.15) is 16.8 Å². The average molecular weight is 415 g/mol. The molecule has 2 heterocycles. The van der Waals surface area contributed by atoms with Gasteiger partial charge in [0, 0.05) is 29.3 Å². The van der Waals surface area contributed by atoms with Gasteiger partial charge < -0.3 is 9.30 Å². The zero-order valence-electron chi connectivity index (χ0n) is 15.2. The van der Waals surface area contributed by atoms with E-state index in [9.17, 15) is 4.39 Å². The molecule has 4 rings (SSSR count). The summed E-state index contributed by atoms with van der Waals surface area (Å²) in [6.45, 7) is 1.26. The van der Waals surface area contributed by atoms with Gasteiger partial charge in [-0.3, -0.25) is 0 Å². The zero-order chi connectivity index (χ0) is 19.3. The maximum atomic E-state index is 13.0. The summed E-state index contributed by atoms with van der Waals surface area (Å²) in [5.41, 5.74) is 3.14. The fraction of sp³-hybridized carbons (Fsp3) is 0.227. The molecule has 0 saturated carbocycles. The molecule has 0 aliphatic carbocycles. The van der Waals surface area contributed by atoms with Gasteiger partial charge >= 0.3 is 0 Å². The Morgan fingerprint density at radius 3 is 2.75 bits per heavy atom. The van der Waals surface area contributed by atoms with Crippen molar-refractivity contribution >= 4 is 29.3 Å². The van der Waals surface area contributed by atoms with Gasteiger partial charge in [0.15, 0.2) is 0 Å². The minimum Gasteiger partial charge on any atom is -0.474 e. The van der Waals surface area contributed by atoms with Crippen LogP contribution in [0, 0.1) is 5.82 Å². The first-order chi connectivity index (χ1) is 13.7. The van der Waals surface area contributed by atoms with Crippen molar-refractivity contribution in [1.29, 1.82) is 0 Å². The summed E-state index contributed by atoms with van der Waals surface area (Å²) in [4.78, 5) is 4.76. The zero-order valence-corrected chi connectivity index (χ0v) is 16.8. The predicted molar refractivity (Wildman–Crippen MR) is 114 cm³/mol. The van der Waals surface area contributed by atoms with Gasteiger partial charge in [-0.15, -0.1) is 0 Å². The van der Waals surface area contributed by atoms with Crippen LogP contribution in [0.4, 0.5) is 4.39 Å². The lowest BCUT2D eigenvalue weighted by molar-refractivity contribution is 0.323.